The molecule has 0 radical (unpaired) electrons. The van der Waals surface area contributed by atoms with Crippen molar-refractivity contribution >= 4 is 39.6 Å². The van der Waals surface area contributed by atoms with Gasteiger partial charge in [0.25, 0.3) is 0 Å². The molecule has 0 atom stereocenters. The predicted molar refractivity (Wildman–Crippen MR) is 81.4 cm³/mol. The molecule has 0 aliphatic carbocycles. The summed E-state index contributed by atoms with van der Waals surface area (Å²) in [5.41, 5.74) is 4.80. The fraction of sp³-hybridized carbons (Fsp3) is 0.267. The van der Waals surface area contributed by atoms with Crippen molar-refractivity contribution in [3.8, 4) is 0 Å². The second kappa shape index (κ2) is 5.03. The first-order valence-electron chi connectivity index (χ1n) is 6.26. The molecule has 0 unspecified atom stereocenters. The van der Waals surface area contributed by atoms with Crippen LogP contribution < -0.4 is 0 Å². The summed E-state index contributed by atoms with van der Waals surface area (Å²) in [5.74, 6) is 1.89. The number of hydrogen-bond donors (Lipinski definition) is 0. The van der Waals surface area contributed by atoms with Crippen LogP contribution in [0.1, 0.15) is 17.0 Å². The van der Waals surface area contributed by atoms with Gasteiger partial charge in [-0.2, -0.15) is 0 Å². The molecule has 19 heavy (non-hydrogen) atoms. The van der Waals surface area contributed by atoms with Crippen LogP contribution in [0.2, 0.25) is 0 Å². The van der Waals surface area contributed by atoms with Crippen LogP contribution in [-0.4, -0.2) is 15.3 Å². The second-order valence-corrected chi connectivity index (χ2v) is 5.25. The summed E-state index contributed by atoms with van der Waals surface area (Å²) in [5, 5.41) is 1.24. The molecular formula is C15H14Cl2N2. The zero-order valence-corrected chi connectivity index (χ0v) is 12.2. The lowest BCUT2D eigenvalue weighted by Crippen LogP contribution is -2.00. The van der Waals surface area contributed by atoms with Crippen LogP contribution in [0, 0.1) is 6.92 Å². The number of benzene rings is 1. The average Bonchev–Trinajstić information content (AvgIpc) is 2.77. The summed E-state index contributed by atoms with van der Waals surface area (Å²) in [6.07, 6.45) is 2.74. The van der Waals surface area contributed by atoms with E-state index in [2.05, 4.69) is 34.5 Å². The molecule has 0 amide bonds. The highest BCUT2D eigenvalue weighted by Crippen LogP contribution is 2.30. The topological polar surface area (TPSA) is 17.3 Å². The summed E-state index contributed by atoms with van der Waals surface area (Å²) in [7, 11) is 0. The van der Waals surface area contributed by atoms with Crippen molar-refractivity contribution in [2.75, 3.05) is 5.88 Å². The van der Waals surface area contributed by atoms with Crippen LogP contribution in [0.15, 0.2) is 30.5 Å². The van der Waals surface area contributed by atoms with E-state index in [1.807, 2.05) is 12.3 Å². The third kappa shape index (κ3) is 1.90. The van der Waals surface area contributed by atoms with Gasteiger partial charge < -0.3 is 0 Å². The van der Waals surface area contributed by atoms with Gasteiger partial charge in [0.1, 0.15) is 5.82 Å². The van der Waals surface area contributed by atoms with Gasteiger partial charge in [-0.25, -0.2) is 4.98 Å². The van der Waals surface area contributed by atoms with E-state index in [0.29, 0.717) is 11.8 Å². The number of alkyl halides is 2. The van der Waals surface area contributed by atoms with E-state index < -0.39 is 0 Å². The third-order valence-electron chi connectivity index (χ3n) is 3.48. The Kier molecular flexibility index (Phi) is 3.38. The molecule has 4 heteroatoms. The molecular weight excluding hydrogens is 279 g/mol. The van der Waals surface area contributed by atoms with E-state index in [0.717, 1.165) is 23.3 Å². The molecule has 2 aromatic heterocycles. The number of aryl methyl sites for hydroxylation is 2. The average molecular weight is 293 g/mol. The molecule has 0 saturated heterocycles. The Bertz CT molecular complexity index is 747. The summed E-state index contributed by atoms with van der Waals surface area (Å²) in [6.45, 7) is 2.08. The van der Waals surface area contributed by atoms with Crippen LogP contribution in [0.3, 0.4) is 0 Å². The molecule has 0 fully saturated rings. The quantitative estimate of drug-likeness (QED) is 0.657. The van der Waals surface area contributed by atoms with Crippen molar-refractivity contribution < 1.29 is 0 Å². The van der Waals surface area contributed by atoms with Gasteiger partial charge in [0, 0.05) is 17.5 Å². The number of hydrogen-bond acceptors (Lipinski definition) is 1. The lowest BCUT2D eigenvalue weighted by Gasteiger charge is -2.06. The SMILES string of the molecule is Cc1cnc(CCl)n2c1c(CCCl)c1ccccc12. The van der Waals surface area contributed by atoms with Crippen LogP contribution in [0.4, 0.5) is 0 Å². The second-order valence-electron chi connectivity index (χ2n) is 4.61. The van der Waals surface area contributed by atoms with Gasteiger partial charge >= 0.3 is 0 Å². The Hall–Kier alpha value is -1.25. The van der Waals surface area contributed by atoms with Crippen molar-refractivity contribution in [2.45, 2.75) is 19.2 Å². The maximum atomic E-state index is 6.04. The van der Waals surface area contributed by atoms with Crippen molar-refractivity contribution in [1.82, 2.24) is 9.38 Å². The zero-order chi connectivity index (χ0) is 13.4. The number of fused-ring (bicyclic) bond motifs is 3. The minimum Gasteiger partial charge on any atom is -0.296 e. The standard InChI is InChI=1S/C15H14Cl2N2/c1-10-9-18-14(8-17)19-13-5-3-2-4-11(13)12(6-7-16)15(10)19/h2-5,9H,6-8H2,1H3. The molecule has 0 bridgehead atoms. The Balaban J connectivity index is 2.55. The zero-order valence-electron chi connectivity index (χ0n) is 10.7. The van der Waals surface area contributed by atoms with Gasteiger partial charge in [0.05, 0.1) is 16.9 Å². The fourth-order valence-electron chi connectivity index (χ4n) is 2.72. The Morgan fingerprint density at radius 2 is 2.00 bits per heavy atom. The van der Waals surface area contributed by atoms with Crippen molar-refractivity contribution in [3.63, 3.8) is 0 Å². The first-order chi connectivity index (χ1) is 9.27. The summed E-state index contributed by atoms with van der Waals surface area (Å²) in [4.78, 5) is 4.45. The molecule has 0 aliphatic heterocycles. The monoisotopic (exact) mass is 292 g/mol. The number of nitrogens with zero attached hydrogens (tertiary/aromatic N) is 2. The van der Waals surface area contributed by atoms with Gasteiger partial charge in [0.2, 0.25) is 0 Å². The Morgan fingerprint density at radius 1 is 1.21 bits per heavy atom. The molecule has 0 spiro atoms. The largest absolute Gasteiger partial charge is 0.296 e. The molecule has 3 rings (SSSR count). The van der Waals surface area contributed by atoms with Gasteiger partial charge in [-0.05, 0) is 30.5 Å². The van der Waals surface area contributed by atoms with Crippen LogP contribution in [0.5, 0.6) is 0 Å². The number of para-hydroxylation sites is 1. The highest BCUT2D eigenvalue weighted by atomic mass is 35.5. The fourth-order valence-corrected chi connectivity index (χ4v) is 3.10. The predicted octanol–water partition coefficient (Wildman–Crippen LogP) is 4.32. The highest BCUT2D eigenvalue weighted by Gasteiger charge is 2.15. The Labute approximate surface area is 122 Å². The lowest BCUT2D eigenvalue weighted by molar-refractivity contribution is 0.979. The highest BCUT2D eigenvalue weighted by molar-refractivity contribution is 6.18. The van der Waals surface area contributed by atoms with E-state index in [9.17, 15) is 0 Å². The molecule has 2 heterocycles. The van der Waals surface area contributed by atoms with E-state index >= 15 is 0 Å². The summed E-state index contributed by atoms with van der Waals surface area (Å²) >= 11 is 12.0. The Morgan fingerprint density at radius 3 is 2.74 bits per heavy atom. The summed E-state index contributed by atoms with van der Waals surface area (Å²) < 4.78 is 2.17. The van der Waals surface area contributed by atoms with Gasteiger partial charge in [-0.15, -0.1) is 23.2 Å². The first-order valence-corrected chi connectivity index (χ1v) is 7.33. The van der Waals surface area contributed by atoms with Crippen molar-refractivity contribution in [2.24, 2.45) is 0 Å². The number of halogens is 2. The minimum atomic E-state index is 0.399. The van der Waals surface area contributed by atoms with Crippen molar-refractivity contribution in [1.29, 1.82) is 0 Å². The first kappa shape index (κ1) is 12.8. The van der Waals surface area contributed by atoms with Crippen LogP contribution >= 0.6 is 23.2 Å². The third-order valence-corrected chi connectivity index (χ3v) is 3.91. The number of rotatable bonds is 3. The van der Waals surface area contributed by atoms with Gasteiger partial charge in [-0.1, -0.05) is 18.2 Å². The van der Waals surface area contributed by atoms with Gasteiger partial charge in [-0.3, -0.25) is 4.40 Å². The summed E-state index contributed by atoms with van der Waals surface area (Å²) in [6, 6.07) is 8.35. The molecule has 0 N–H and O–H groups in total. The minimum absolute atomic E-state index is 0.399. The van der Waals surface area contributed by atoms with E-state index in [1.54, 1.807) is 0 Å². The molecule has 3 aromatic rings. The maximum Gasteiger partial charge on any atom is 0.128 e. The maximum absolute atomic E-state index is 6.04. The van der Waals surface area contributed by atoms with E-state index in [-0.39, 0.29) is 0 Å². The van der Waals surface area contributed by atoms with E-state index in [1.165, 1.54) is 16.5 Å². The molecule has 0 aliphatic rings. The van der Waals surface area contributed by atoms with Gasteiger partial charge in [0.15, 0.2) is 0 Å². The van der Waals surface area contributed by atoms with Crippen molar-refractivity contribution in [3.05, 3.63) is 47.4 Å². The van der Waals surface area contributed by atoms with Crippen LogP contribution in [0.25, 0.3) is 16.4 Å². The van der Waals surface area contributed by atoms with Crippen LogP contribution in [-0.2, 0) is 12.3 Å². The number of aromatic nitrogens is 2. The lowest BCUT2D eigenvalue weighted by atomic mass is 10.1. The molecule has 0 saturated carbocycles. The molecule has 1 aromatic carbocycles. The molecule has 2 nitrogen and oxygen atoms in total. The normalized spacial score (nSPS) is 11.5. The molecule has 98 valence electrons. The van der Waals surface area contributed by atoms with E-state index in [4.69, 9.17) is 23.2 Å². The smallest absolute Gasteiger partial charge is 0.128 e.